The normalized spacial score (nSPS) is 10.8. The number of benzene rings is 1. The van der Waals surface area contributed by atoms with Crippen molar-refractivity contribution in [2.75, 3.05) is 5.73 Å². The molecule has 1 aromatic heterocycles. The fourth-order valence-corrected chi connectivity index (χ4v) is 2.31. The highest BCUT2D eigenvalue weighted by Gasteiger charge is 2.11. The summed E-state index contributed by atoms with van der Waals surface area (Å²) in [5.41, 5.74) is 7.77. The van der Waals surface area contributed by atoms with E-state index in [1.807, 2.05) is 18.2 Å². The van der Waals surface area contributed by atoms with Crippen LogP contribution in [0.4, 0.5) is 5.82 Å². The molecule has 0 bridgehead atoms. The number of nitrogen functional groups attached to an aromatic ring is 1. The molecular formula is C11H12BrIN4. The summed E-state index contributed by atoms with van der Waals surface area (Å²) >= 11 is 5.79. The Balaban J connectivity index is 2.48. The molecule has 1 heterocycles. The van der Waals surface area contributed by atoms with Gasteiger partial charge in [0, 0.05) is 8.04 Å². The zero-order chi connectivity index (χ0) is 12.4. The van der Waals surface area contributed by atoms with Gasteiger partial charge in [0.25, 0.3) is 0 Å². The molecule has 0 aliphatic heterocycles. The molecule has 0 fully saturated rings. The van der Waals surface area contributed by atoms with Crippen LogP contribution in [0.2, 0.25) is 0 Å². The highest BCUT2D eigenvalue weighted by Crippen LogP contribution is 2.24. The Morgan fingerprint density at radius 1 is 1.47 bits per heavy atom. The second-order valence-corrected chi connectivity index (χ2v) is 5.70. The van der Waals surface area contributed by atoms with Crippen LogP contribution in [0, 0.1) is 3.57 Å². The lowest BCUT2D eigenvalue weighted by molar-refractivity contribution is 0.745. The fourth-order valence-electron chi connectivity index (χ4n) is 1.61. The van der Waals surface area contributed by atoms with Gasteiger partial charge in [-0.2, -0.15) is 0 Å². The van der Waals surface area contributed by atoms with Gasteiger partial charge in [0.2, 0.25) is 0 Å². The zero-order valence-corrected chi connectivity index (χ0v) is 13.1. The Hall–Kier alpha value is -0.630. The lowest BCUT2D eigenvalue weighted by Crippen LogP contribution is -2.03. The van der Waals surface area contributed by atoms with Gasteiger partial charge in [-0.3, -0.25) is 0 Å². The molecule has 0 radical (unpaired) electrons. The highest BCUT2D eigenvalue weighted by atomic mass is 127. The van der Waals surface area contributed by atoms with Crippen LogP contribution >= 0.6 is 38.5 Å². The average Bonchev–Trinajstić information content (AvgIpc) is 2.66. The van der Waals surface area contributed by atoms with Gasteiger partial charge in [0.05, 0.1) is 11.4 Å². The Morgan fingerprint density at radius 2 is 2.24 bits per heavy atom. The van der Waals surface area contributed by atoms with Gasteiger partial charge in [0.15, 0.2) is 5.82 Å². The largest absolute Gasteiger partial charge is 0.381 e. The van der Waals surface area contributed by atoms with Crippen LogP contribution in [0.25, 0.3) is 5.69 Å². The number of nitrogens with zero attached hydrogens (tertiary/aromatic N) is 3. The van der Waals surface area contributed by atoms with E-state index in [-0.39, 0.29) is 0 Å². The molecule has 2 N–H and O–H groups in total. The molecule has 6 heteroatoms. The van der Waals surface area contributed by atoms with Gasteiger partial charge < -0.3 is 5.73 Å². The minimum absolute atomic E-state index is 0.515. The molecule has 4 nitrogen and oxygen atoms in total. The maximum absolute atomic E-state index is 5.83. The van der Waals surface area contributed by atoms with Crippen molar-refractivity contribution in [1.82, 2.24) is 15.0 Å². The molecule has 0 saturated heterocycles. The number of aromatic nitrogens is 3. The molecule has 0 aliphatic carbocycles. The van der Waals surface area contributed by atoms with Crippen molar-refractivity contribution in [3.63, 3.8) is 0 Å². The summed E-state index contributed by atoms with van der Waals surface area (Å²) in [5.74, 6) is 0.515. The molecule has 0 atom stereocenters. The van der Waals surface area contributed by atoms with E-state index in [4.69, 9.17) is 5.73 Å². The van der Waals surface area contributed by atoms with E-state index in [0.29, 0.717) is 5.82 Å². The van der Waals surface area contributed by atoms with E-state index in [9.17, 15) is 0 Å². The summed E-state index contributed by atoms with van der Waals surface area (Å²) in [6.07, 6.45) is 1.89. The first-order valence-electron chi connectivity index (χ1n) is 5.29. The van der Waals surface area contributed by atoms with Crippen LogP contribution < -0.4 is 5.73 Å². The predicted molar refractivity (Wildman–Crippen MR) is 80.2 cm³/mol. The quantitative estimate of drug-likeness (QED) is 0.796. The average molecular weight is 407 g/mol. The number of nitrogens with two attached hydrogens (primary N) is 1. The molecule has 0 amide bonds. The zero-order valence-electron chi connectivity index (χ0n) is 9.32. The minimum Gasteiger partial charge on any atom is -0.381 e. The minimum atomic E-state index is 0.515. The molecule has 0 saturated carbocycles. The predicted octanol–water partition coefficient (Wildman–Crippen LogP) is 3.17. The Kier molecular flexibility index (Phi) is 4.03. The summed E-state index contributed by atoms with van der Waals surface area (Å²) in [4.78, 5) is 0. The molecular weight excluding hydrogens is 395 g/mol. The topological polar surface area (TPSA) is 56.7 Å². The number of anilines is 1. The molecule has 0 unspecified atom stereocenters. The van der Waals surface area contributed by atoms with Gasteiger partial charge >= 0.3 is 0 Å². The van der Waals surface area contributed by atoms with Crippen LogP contribution in [-0.4, -0.2) is 15.0 Å². The Bertz CT molecular complexity index is 538. The smallest absolute Gasteiger partial charge is 0.169 e. The highest BCUT2D eigenvalue weighted by molar-refractivity contribution is 14.1. The van der Waals surface area contributed by atoms with E-state index < -0.39 is 0 Å². The van der Waals surface area contributed by atoms with Gasteiger partial charge in [-0.05, 0) is 63.1 Å². The molecule has 17 heavy (non-hydrogen) atoms. The van der Waals surface area contributed by atoms with Crippen molar-refractivity contribution in [1.29, 1.82) is 0 Å². The van der Waals surface area contributed by atoms with Crippen LogP contribution in [0.5, 0.6) is 0 Å². The van der Waals surface area contributed by atoms with E-state index in [1.165, 1.54) is 0 Å². The van der Waals surface area contributed by atoms with Crippen LogP contribution in [0.15, 0.2) is 22.7 Å². The van der Waals surface area contributed by atoms with E-state index in [0.717, 1.165) is 32.3 Å². The number of halogens is 2. The Morgan fingerprint density at radius 3 is 2.88 bits per heavy atom. The van der Waals surface area contributed by atoms with Crippen molar-refractivity contribution < 1.29 is 0 Å². The van der Waals surface area contributed by atoms with Crippen LogP contribution in [0.1, 0.15) is 19.0 Å². The van der Waals surface area contributed by atoms with Crippen molar-refractivity contribution in [3.05, 3.63) is 31.9 Å². The maximum atomic E-state index is 5.83. The van der Waals surface area contributed by atoms with E-state index >= 15 is 0 Å². The van der Waals surface area contributed by atoms with Crippen LogP contribution in [-0.2, 0) is 6.42 Å². The van der Waals surface area contributed by atoms with E-state index in [1.54, 1.807) is 4.68 Å². The summed E-state index contributed by atoms with van der Waals surface area (Å²) in [6.45, 7) is 2.11. The van der Waals surface area contributed by atoms with Gasteiger partial charge in [-0.15, -0.1) is 5.10 Å². The molecule has 2 rings (SSSR count). The molecule has 0 aliphatic rings. The molecule has 0 spiro atoms. The van der Waals surface area contributed by atoms with Crippen LogP contribution in [0.3, 0.4) is 0 Å². The van der Waals surface area contributed by atoms with E-state index in [2.05, 4.69) is 55.8 Å². The Labute approximate surface area is 122 Å². The monoisotopic (exact) mass is 406 g/mol. The fraction of sp³-hybridized carbons (Fsp3) is 0.273. The first-order valence-corrected chi connectivity index (χ1v) is 7.16. The number of hydrogen-bond acceptors (Lipinski definition) is 3. The van der Waals surface area contributed by atoms with Gasteiger partial charge in [-0.25, -0.2) is 4.68 Å². The lowest BCUT2D eigenvalue weighted by Gasteiger charge is -2.07. The van der Waals surface area contributed by atoms with Gasteiger partial charge in [0.1, 0.15) is 0 Å². The molecule has 1 aromatic carbocycles. The van der Waals surface area contributed by atoms with Crippen molar-refractivity contribution in [2.45, 2.75) is 19.8 Å². The summed E-state index contributed by atoms with van der Waals surface area (Å²) in [7, 11) is 0. The maximum Gasteiger partial charge on any atom is 0.169 e. The summed E-state index contributed by atoms with van der Waals surface area (Å²) < 4.78 is 4.02. The third-order valence-corrected chi connectivity index (χ3v) is 4.77. The van der Waals surface area contributed by atoms with Crippen molar-refractivity contribution in [2.24, 2.45) is 0 Å². The third kappa shape index (κ3) is 2.62. The number of hydrogen-bond donors (Lipinski definition) is 1. The number of rotatable bonds is 3. The summed E-state index contributed by atoms with van der Waals surface area (Å²) in [5, 5.41) is 8.03. The second-order valence-electron chi connectivity index (χ2n) is 3.68. The summed E-state index contributed by atoms with van der Waals surface area (Å²) in [6, 6.07) is 6.07. The first kappa shape index (κ1) is 12.8. The van der Waals surface area contributed by atoms with Gasteiger partial charge in [-0.1, -0.05) is 18.6 Å². The molecule has 90 valence electrons. The SMILES string of the molecule is CCCc1c(N)nnn1-c1ccc(I)c(Br)c1. The molecule has 2 aromatic rings. The van der Waals surface area contributed by atoms with Crippen molar-refractivity contribution >= 4 is 44.3 Å². The standard InChI is InChI=1S/C11H12BrIN4/c1-2-3-10-11(14)15-16-17(10)7-4-5-9(13)8(12)6-7/h4-6H,2-3,14H2,1H3. The lowest BCUT2D eigenvalue weighted by atomic mass is 10.2. The second kappa shape index (κ2) is 5.34. The third-order valence-electron chi connectivity index (χ3n) is 2.43. The van der Waals surface area contributed by atoms with Crippen molar-refractivity contribution in [3.8, 4) is 5.69 Å². The first-order chi connectivity index (χ1) is 8.13.